The highest BCUT2D eigenvalue weighted by atomic mass is 16.4. The molecule has 0 amide bonds. The monoisotopic (exact) mass is 325 g/mol. The van der Waals surface area contributed by atoms with Crippen molar-refractivity contribution in [2.75, 3.05) is 13.1 Å². The van der Waals surface area contributed by atoms with Crippen LogP contribution in [0.25, 0.3) is 0 Å². The van der Waals surface area contributed by atoms with E-state index in [4.69, 9.17) is 4.99 Å². The van der Waals surface area contributed by atoms with Crippen molar-refractivity contribution in [3.05, 3.63) is 35.1 Å². The van der Waals surface area contributed by atoms with E-state index in [0.717, 1.165) is 57.3 Å². The van der Waals surface area contributed by atoms with Crippen LogP contribution in [0.1, 0.15) is 51.9 Å². The number of rotatable bonds is 4. The van der Waals surface area contributed by atoms with Crippen LogP contribution in [0.15, 0.2) is 40.1 Å². The number of aliphatic carboxylic acids is 1. The van der Waals surface area contributed by atoms with Crippen LogP contribution in [0.5, 0.6) is 0 Å². The molecule has 1 N–H and O–H groups in total. The number of aliphatic imine (C=N–C) groups is 1. The zero-order chi connectivity index (χ0) is 16.7. The standard InChI is InChI=1S/C20H24N2O2/c1-2-20(11-8-17(23)24)10-5-12-22-13-9-16-18(19(20)22)14-6-3-4-7-15(14)21-16/h3-4,7H,2,5-6,8-13H2,1H3/p+1. The molecule has 1 unspecified atom stereocenters. The second kappa shape index (κ2) is 5.83. The van der Waals surface area contributed by atoms with Gasteiger partial charge >= 0.3 is 5.97 Å². The van der Waals surface area contributed by atoms with Crippen molar-refractivity contribution in [1.29, 1.82) is 0 Å². The van der Waals surface area contributed by atoms with E-state index in [2.05, 4.69) is 29.7 Å². The fourth-order valence-corrected chi connectivity index (χ4v) is 4.89. The summed E-state index contributed by atoms with van der Waals surface area (Å²) in [5, 5.41) is 9.25. The van der Waals surface area contributed by atoms with Gasteiger partial charge in [-0.25, -0.2) is 4.58 Å². The lowest BCUT2D eigenvalue weighted by Gasteiger charge is -2.38. The molecule has 0 aromatic carbocycles. The van der Waals surface area contributed by atoms with Gasteiger partial charge in [-0.1, -0.05) is 19.1 Å². The first-order valence-electron chi connectivity index (χ1n) is 9.17. The Morgan fingerprint density at radius 2 is 2.29 bits per heavy atom. The molecule has 0 saturated carbocycles. The Balaban J connectivity index is 1.84. The van der Waals surface area contributed by atoms with Gasteiger partial charge in [-0.15, -0.1) is 0 Å². The summed E-state index contributed by atoms with van der Waals surface area (Å²) in [6.45, 7) is 4.35. The van der Waals surface area contributed by atoms with Crippen LogP contribution < -0.4 is 0 Å². The van der Waals surface area contributed by atoms with Crippen LogP contribution in [-0.4, -0.2) is 40.2 Å². The number of allylic oxidation sites excluding steroid dienone is 5. The van der Waals surface area contributed by atoms with E-state index in [9.17, 15) is 9.90 Å². The van der Waals surface area contributed by atoms with E-state index in [-0.39, 0.29) is 11.8 Å². The van der Waals surface area contributed by atoms with Crippen molar-refractivity contribution in [2.45, 2.75) is 51.9 Å². The Kier molecular flexibility index (Phi) is 3.78. The predicted octanol–water partition coefficient (Wildman–Crippen LogP) is 3.49. The molecule has 0 aromatic heterocycles. The topological polar surface area (TPSA) is 52.7 Å². The Morgan fingerprint density at radius 3 is 3.08 bits per heavy atom. The molecule has 4 heteroatoms. The number of fused-ring (bicyclic) bond motifs is 3. The van der Waals surface area contributed by atoms with Crippen LogP contribution in [-0.2, 0) is 4.79 Å². The summed E-state index contributed by atoms with van der Waals surface area (Å²) in [6.07, 6.45) is 12.6. The summed E-state index contributed by atoms with van der Waals surface area (Å²) in [5.41, 5.74) is 6.51. The first-order valence-corrected chi connectivity index (χ1v) is 9.17. The number of hydrogen-bond donors (Lipinski definition) is 1. The second-order valence-corrected chi connectivity index (χ2v) is 7.31. The van der Waals surface area contributed by atoms with Crippen molar-refractivity contribution in [2.24, 2.45) is 10.4 Å². The molecule has 0 radical (unpaired) electrons. The maximum Gasteiger partial charge on any atom is 0.303 e. The molecule has 1 atom stereocenters. The molecule has 0 spiro atoms. The molecule has 4 rings (SSSR count). The molecular weight excluding hydrogens is 300 g/mol. The fourth-order valence-electron chi connectivity index (χ4n) is 4.89. The summed E-state index contributed by atoms with van der Waals surface area (Å²) in [4.78, 5) is 16.1. The van der Waals surface area contributed by atoms with Gasteiger partial charge in [0.05, 0.1) is 22.4 Å². The zero-order valence-electron chi connectivity index (χ0n) is 14.3. The van der Waals surface area contributed by atoms with E-state index in [0.29, 0.717) is 0 Å². The SMILES string of the molecule is CCC1(CCC(=O)O)CCC[N+]2=C1C1=C3CC=CC=C3N=C1CC2. The van der Waals surface area contributed by atoms with Crippen molar-refractivity contribution < 1.29 is 14.5 Å². The van der Waals surface area contributed by atoms with Gasteiger partial charge in [0, 0.05) is 19.3 Å². The molecule has 0 saturated heterocycles. The normalized spacial score (nSPS) is 28.2. The zero-order valence-corrected chi connectivity index (χ0v) is 14.3. The van der Waals surface area contributed by atoms with Gasteiger partial charge < -0.3 is 5.11 Å². The molecule has 0 bridgehead atoms. The lowest BCUT2D eigenvalue weighted by molar-refractivity contribution is -0.537. The van der Waals surface area contributed by atoms with Crippen LogP contribution in [0.4, 0.5) is 0 Å². The van der Waals surface area contributed by atoms with Gasteiger partial charge in [-0.05, 0) is 37.3 Å². The van der Waals surface area contributed by atoms with Crippen LogP contribution in [0.3, 0.4) is 0 Å². The minimum absolute atomic E-state index is 0.00320. The minimum atomic E-state index is -0.685. The highest BCUT2D eigenvalue weighted by molar-refractivity contribution is 6.28. The molecule has 4 aliphatic rings. The third-order valence-corrected chi connectivity index (χ3v) is 6.12. The van der Waals surface area contributed by atoms with Crippen molar-refractivity contribution >= 4 is 17.4 Å². The average Bonchev–Trinajstić information content (AvgIpc) is 2.98. The first kappa shape index (κ1) is 15.6. The van der Waals surface area contributed by atoms with E-state index in [1.165, 1.54) is 22.6 Å². The lowest BCUT2D eigenvalue weighted by Crippen LogP contribution is -2.48. The average molecular weight is 325 g/mol. The highest BCUT2D eigenvalue weighted by Crippen LogP contribution is 2.45. The van der Waals surface area contributed by atoms with E-state index in [1.807, 2.05) is 0 Å². The predicted molar refractivity (Wildman–Crippen MR) is 94.7 cm³/mol. The number of nitrogens with zero attached hydrogens (tertiary/aromatic N) is 2. The van der Waals surface area contributed by atoms with Crippen LogP contribution >= 0.6 is 0 Å². The van der Waals surface area contributed by atoms with E-state index < -0.39 is 5.97 Å². The summed E-state index contributed by atoms with van der Waals surface area (Å²) in [5.74, 6) is -0.685. The first-order chi connectivity index (χ1) is 11.6. The number of carboxylic acid groups (broad SMARTS) is 1. The van der Waals surface area contributed by atoms with Gasteiger partial charge in [0.2, 0.25) is 0 Å². The van der Waals surface area contributed by atoms with E-state index >= 15 is 0 Å². The summed E-state index contributed by atoms with van der Waals surface area (Å²) >= 11 is 0. The molecule has 3 aliphatic heterocycles. The molecule has 4 nitrogen and oxygen atoms in total. The summed E-state index contributed by atoms with van der Waals surface area (Å²) in [6, 6.07) is 0. The summed E-state index contributed by atoms with van der Waals surface area (Å²) in [7, 11) is 0. The van der Waals surface area contributed by atoms with Crippen molar-refractivity contribution in [3.8, 4) is 0 Å². The second-order valence-electron chi connectivity index (χ2n) is 7.31. The lowest BCUT2D eigenvalue weighted by atomic mass is 9.66. The molecule has 0 fully saturated rings. The molecular formula is C20H25N2O2+. The Bertz CT molecular complexity index is 752. The fraction of sp³-hybridized carbons (Fsp3) is 0.550. The van der Waals surface area contributed by atoms with Gasteiger partial charge in [-0.2, -0.15) is 0 Å². The number of carboxylic acids is 1. The third kappa shape index (κ3) is 2.31. The van der Waals surface area contributed by atoms with Gasteiger partial charge in [0.1, 0.15) is 13.1 Å². The smallest absolute Gasteiger partial charge is 0.303 e. The third-order valence-electron chi connectivity index (χ3n) is 6.12. The number of carbonyl (C=O) groups is 1. The quantitative estimate of drug-likeness (QED) is 0.804. The van der Waals surface area contributed by atoms with Crippen molar-refractivity contribution in [1.82, 2.24) is 0 Å². The van der Waals surface area contributed by atoms with E-state index in [1.54, 1.807) is 0 Å². The Morgan fingerprint density at radius 1 is 1.42 bits per heavy atom. The summed E-state index contributed by atoms with van der Waals surface area (Å²) < 4.78 is 2.54. The largest absolute Gasteiger partial charge is 0.481 e. The Labute approximate surface area is 143 Å². The Hall–Kier alpha value is -1.97. The van der Waals surface area contributed by atoms with Gasteiger partial charge in [0.15, 0.2) is 5.71 Å². The van der Waals surface area contributed by atoms with Crippen molar-refractivity contribution in [3.63, 3.8) is 0 Å². The number of hydrogen-bond acceptors (Lipinski definition) is 2. The molecule has 1 aliphatic carbocycles. The molecule has 126 valence electrons. The van der Waals surface area contributed by atoms with Gasteiger partial charge in [0.25, 0.3) is 0 Å². The van der Waals surface area contributed by atoms with Gasteiger partial charge in [-0.3, -0.25) is 9.79 Å². The van der Waals surface area contributed by atoms with Crippen LogP contribution in [0.2, 0.25) is 0 Å². The molecule has 3 heterocycles. The highest BCUT2D eigenvalue weighted by Gasteiger charge is 2.50. The molecule has 0 aromatic rings. The minimum Gasteiger partial charge on any atom is -0.481 e. The molecule has 24 heavy (non-hydrogen) atoms. The van der Waals surface area contributed by atoms with Crippen LogP contribution in [0, 0.1) is 5.41 Å². The maximum absolute atomic E-state index is 11.2. The maximum atomic E-state index is 11.2.